The maximum atomic E-state index is 13.0. The second kappa shape index (κ2) is 5.48. The van der Waals surface area contributed by atoms with Crippen LogP contribution in [0.2, 0.25) is 0 Å². The number of rotatable bonds is 4. The Labute approximate surface area is 108 Å². The van der Waals surface area contributed by atoms with E-state index in [1.807, 2.05) is 0 Å². The van der Waals surface area contributed by atoms with E-state index in [0.717, 1.165) is 12.1 Å². The second-order valence-corrected chi connectivity index (χ2v) is 3.82. The van der Waals surface area contributed by atoms with E-state index in [9.17, 15) is 13.6 Å². The first kappa shape index (κ1) is 13.0. The predicted molar refractivity (Wildman–Crippen MR) is 63.8 cm³/mol. The maximum absolute atomic E-state index is 13.0. The number of benzene rings is 2. The molecule has 0 aliphatic carbocycles. The number of carbonyl (C=O) groups is 1. The molecule has 0 radical (unpaired) electrons. The Bertz CT molecular complexity index is 584. The highest BCUT2D eigenvalue weighted by atomic mass is 19.2. The van der Waals surface area contributed by atoms with Crippen molar-refractivity contribution >= 4 is 5.97 Å². The summed E-state index contributed by atoms with van der Waals surface area (Å²) in [5.74, 6) is -3.36. The Hall–Kier alpha value is -2.43. The van der Waals surface area contributed by atoms with Crippen molar-refractivity contribution in [2.24, 2.45) is 0 Å². The molecule has 0 aromatic heterocycles. The van der Waals surface area contributed by atoms with E-state index >= 15 is 0 Å². The minimum Gasteiger partial charge on any atom is -0.478 e. The lowest BCUT2D eigenvalue weighted by atomic mass is 10.1. The van der Waals surface area contributed by atoms with E-state index < -0.39 is 23.7 Å². The van der Waals surface area contributed by atoms with Gasteiger partial charge in [0.2, 0.25) is 6.10 Å². The molecule has 0 fully saturated rings. The third-order valence-electron chi connectivity index (χ3n) is 2.47. The Kier molecular flexibility index (Phi) is 3.75. The molecule has 1 N–H and O–H groups in total. The standard InChI is InChI=1S/C14H10F2O3/c15-11-7-6-10(8-12(11)16)19-13(14(17)18)9-4-2-1-3-5-9/h1-8,13H,(H,17,18)/t13-/m0/s1. The fourth-order valence-electron chi connectivity index (χ4n) is 1.58. The first-order valence-electron chi connectivity index (χ1n) is 5.47. The van der Waals surface area contributed by atoms with E-state index in [4.69, 9.17) is 9.84 Å². The van der Waals surface area contributed by atoms with Crippen molar-refractivity contribution in [1.82, 2.24) is 0 Å². The van der Waals surface area contributed by atoms with Crippen LogP contribution in [-0.2, 0) is 4.79 Å². The molecule has 0 bridgehead atoms. The van der Waals surface area contributed by atoms with Crippen LogP contribution in [0.4, 0.5) is 8.78 Å². The number of carboxylic acid groups (broad SMARTS) is 1. The monoisotopic (exact) mass is 264 g/mol. The molecule has 0 unspecified atom stereocenters. The summed E-state index contributed by atoms with van der Waals surface area (Å²) in [5, 5.41) is 9.12. The summed E-state index contributed by atoms with van der Waals surface area (Å²) in [7, 11) is 0. The molecule has 0 saturated carbocycles. The van der Waals surface area contributed by atoms with Crippen LogP contribution in [0.3, 0.4) is 0 Å². The van der Waals surface area contributed by atoms with Crippen LogP contribution < -0.4 is 4.74 Å². The highest BCUT2D eigenvalue weighted by Crippen LogP contribution is 2.23. The SMILES string of the molecule is O=C(O)[C@@H](Oc1ccc(F)c(F)c1)c1ccccc1. The zero-order valence-electron chi connectivity index (χ0n) is 9.72. The van der Waals surface area contributed by atoms with Crippen molar-refractivity contribution in [3.63, 3.8) is 0 Å². The smallest absolute Gasteiger partial charge is 0.349 e. The summed E-state index contributed by atoms with van der Waals surface area (Å²) < 4.78 is 31.0. The first-order chi connectivity index (χ1) is 9.08. The number of hydrogen-bond acceptors (Lipinski definition) is 2. The van der Waals surface area contributed by atoms with E-state index in [1.54, 1.807) is 30.3 Å². The van der Waals surface area contributed by atoms with Gasteiger partial charge >= 0.3 is 5.97 Å². The molecule has 0 spiro atoms. The van der Waals surface area contributed by atoms with E-state index in [1.165, 1.54) is 6.07 Å². The third kappa shape index (κ3) is 3.07. The highest BCUT2D eigenvalue weighted by molar-refractivity contribution is 5.74. The molecule has 3 nitrogen and oxygen atoms in total. The van der Waals surface area contributed by atoms with Crippen molar-refractivity contribution in [3.8, 4) is 5.75 Å². The predicted octanol–water partition coefficient (Wildman–Crippen LogP) is 3.17. The molecule has 0 heterocycles. The summed E-state index contributed by atoms with van der Waals surface area (Å²) >= 11 is 0. The van der Waals surface area contributed by atoms with Crippen molar-refractivity contribution in [3.05, 3.63) is 65.7 Å². The van der Waals surface area contributed by atoms with Gasteiger partial charge in [-0.15, -0.1) is 0 Å². The minimum absolute atomic E-state index is 0.0462. The number of hydrogen-bond donors (Lipinski definition) is 1. The van der Waals surface area contributed by atoms with Gasteiger partial charge in [0.25, 0.3) is 0 Å². The van der Waals surface area contributed by atoms with Crippen LogP contribution >= 0.6 is 0 Å². The van der Waals surface area contributed by atoms with E-state index in [2.05, 4.69) is 0 Å². The number of halogens is 2. The molecule has 19 heavy (non-hydrogen) atoms. The van der Waals surface area contributed by atoms with Crippen LogP contribution in [0.1, 0.15) is 11.7 Å². The van der Waals surface area contributed by atoms with Gasteiger partial charge in [0.05, 0.1) is 0 Å². The fraction of sp³-hybridized carbons (Fsp3) is 0.0714. The summed E-state index contributed by atoms with van der Waals surface area (Å²) in [6.07, 6.45) is -1.27. The van der Waals surface area contributed by atoms with Gasteiger partial charge in [-0.2, -0.15) is 0 Å². The van der Waals surface area contributed by atoms with Crippen molar-refractivity contribution in [1.29, 1.82) is 0 Å². The molecule has 2 rings (SSSR count). The molecule has 2 aromatic rings. The van der Waals surface area contributed by atoms with Crippen molar-refractivity contribution in [2.45, 2.75) is 6.10 Å². The molecule has 5 heteroatoms. The Morgan fingerprint density at radius 2 is 1.74 bits per heavy atom. The Balaban J connectivity index is 2.27. The van der Waals surface area contributed by atoms with Gasteiger partial charge < -0.3 is 9.84 Å². The minimum atomic E-state index is -1.27. The van der Waals surface area contributed by atoms with Gasteiger partial charge in [0, 0.05) is 11.6 Å². The third-order valence-corrected chi connectivity index (χ3v) is 2.47. The van der Waals surface area contributed by atoms with Gasteiger partial charge in [-0.05, 0) is 12.1 Å². The molecule has 0 aliphatic heterocycles. The van der Waals surface area contributed by atoms with Crippen LogP contribution in [0.25, 0.3) is 0 Å². The number of aliphatic carboxylic acids is 1. The molecule has 2 aromatic carbocycles. The maximum Gasteiger partial charge on any atom is 0.349 e. The summed E-state index contributed by atoms with van der Waals surface area (Å²) in [4.78, 5) is 11.2. The zero-order chi connectivity index (χ0) is 13.8. The van der Waals surface area contributed by atoms with Crippen molar-refractivity contribution < 1.29 is 23.4 Å². The number of ether oxygens (including phenoxy) is 1. The molecule has 1 atom stereocenters. The van der Waals surface area contributed by atoms with Crippen LogP contribution in [0, 0.1) is 11.6 Å². The highest BCUT2D eigenvalue weighted by Gasteiger charge is 2.22. The quantitative estimate of drug-likeness (QED) is 0.922. The van der Waals surface area contributed by atoms with Gasteiger partial charge in [0.15, 0.2) is 11.6 Å². The summed E-state index contributed by atoms with van der Waals surface area (Å²) in [5.41, 5.74) is 0.416. The van der Waals surface area contributed by atoms with Crippen LogP contribution in [0.15, 0.2) is 48.5 Å². The van der Waals surface area contributed by atoms with E-state index in [-0.39, 0.29) is 5.75 Å². The molecule has 98 valence electrons. The lowest BCUT2D eigenvalue weighted by Crippen LogP contribution is -2.18. The molecular weight excluding hydrogens is 254 g/mol. The molecule has 0 saturated heterocycles. The summed E-state index contributed by atoms with van der Waals surface area (Å²) in [6, 6.07) is 11.1. The van der Waals surface area contributed by atoms with Crippen molar-refractivity contribution in [2.75, 3.05) is 0 Å². The Morgan fingerprint density at radius 1 is 1.05 bits per heavy atom. The normalized spacial score (nSPS) is 11.9. The van der Waals surface area contributed by atoms with Gasteiger partial charge in [-0.3, -0.25) is 0 Å². The van der Waals surface area contributed by atoms with Gasteiger partial charge in [-0.1, -0.05) is 30.3 Å². The topological polar surface area (TPSA) is 46.5 Å². The average molecular weight is 264 g/mol. The average Bonchev–Trinajstić information content (AvgIpc) is 2.40. The van der Waals surface area contributed by atoms with Gasteiger partial charge in [-0.25, -0.2) is 13.6 Å². The zero-order valence-corrected chi connectivity index (χ0v) is 9.72. The lowest BCUT2D eigenvalue weighted by molar-refractivity contribution is -0.145. The van der Waals surface area contributed by atoms with Gasteiger partial charge in [0.1, 0.15) is 5.75 Å². The number of carboxylic acids is 1. The molecule has 0 amide bonds. The van der Waals surface area contributed by atoms with Crippen LogP contribution in [0.5, 0.6) is 5.75 Å². The molecule has 0 aliphatic rings. The largest absolute Gasteiger partial charge is 0.478 e. The second-order valence-electron chi connectivity index (χ2n) is 3.82. The summed E-state index contributed by atoms with van der Waals surface area (Å²) in [6.45, 7) is 0. The Morgan fingerprint density at radius 3 is 2.32 bits per heavy atom. The van der Waals surface area contributed by atoms with E-state index in [0.29, 0.717) is 5.56 Å². The van der Waals surface area contributed by atoms with Crippen LogP contribution in [-0.4, -0.2) is 11.1 Å². The fourth-order valence-corrected chi connectivity index (χ4v) is 1.58. The lowest BCUT2D eigenvalue weighted by Gasteiger charge is -2.15. The molecular formula is C14H10F2O3. The first-order valence-corrected chi connectivity index (χ1v) is 5.47.